The summed E-state index contributed by atoms with van der Waals surface area (Å²) in [7, 11) is 0. The molecule has 0 aliphatic carbocycles. The molecular weight excluding hydrogens is 489 g/mol. The molecule has 1 atom stereocenters. The molecule has 2 amide bonds. The van der Waals surface area contributed by atoms with Gasteiger partial charge in [-0.1, -0.05) is 30.3 Å². The van der Waals surface area contributed by atoms with Crippen LogP contribution in [0.4, 0.5) is 10.5 Å². The molecule has 8 nitrogen and oxygen atoms in total. The lowest BCUT2D eigenvalue weighted by molar-refractivity contribution is -0.137. The van der Waals surface area contributed by atoms with Crippen LogP contribution in [0, 0.1) is 5.92 Å². The number of carbonyl (C=O) groups is 2. The summed E-state index contributed by atoms with van der Waals surface area (Å²) in [5, 5.41) is 13.5. The molecule has 2 saturated heterocycles. The van der Waals surface area contributed by atoms with Crippen molar-refractivity contribution in [3.63, 3.8) is 0 Å². The highest BCUT2D eigenvalue weighted by Gasteiger charge is 2.36. The van der Waals surface area contributed by atoms with E-state index in [1.807, 2.05) is 47.4 Å². The Labute approximate surface area is 219 Å². The molecule has 2 aromatic rings. The minimum absolute atomic E-state index is 0. The number of piperidine rings is 1. The Hall–Kier alpha value is -2.55. The molecule has 2 fully saturated rings. The van der Waals surface area contributed by atoms with Crippen LogP contribution >= 0.6 is 24.8 Å². The van der Waals surface area contributed by atoms with Crippen LogP contribution in [0.5, 0.6) is 0 Å². The first kappa shape index (κ1) is 28.7. The van der Waals surface area contributed by atoms with Crippen LogP contribution in [0.15, 0.2) is 54.9 Å². The molecule has 2 aliphatic rings. The van der Waals surface area contributed by atoms with Crippen molar-refractivity contribution in [1.82, 2.24) is 20.1 Å². The van der Waals surface area contributed by atoms with Gasteiger partial charge >= 0.3 is 6.09 Å². The third-order valence-electron chi connectivity index (χ3n) is 6.74. The van der Waals surface area contributed by atoms with Gasteiger partial charge in [-0.05, 0) is 56.0 Å². The number of amides is 2. The van der Waals surface area contributed by atoms with Gasteiger partial charge in [0.05, 0.1) is 0 Å². The first-order valence-corrected chi connectivity index (χ1v) is 11.8. The van der Waals surface area contributed by atoms with Crippen LogP contribution in [0.1, 0.15) is 24.8 Å². The molecule has 35 heavy (non-hydrogen) atoms. The van der Waals surface area contributed by atoms with Gasteiger partial charge in [0.1, 0.15) is 6.04 Å². The molecule has 3 heterocycles. The zero-order chi connectivity index (χ0) is 23.0. The van der Waals surface area contributed by atoms with Crippen molar-refractivity contribution in [2.45, 2.75) is 31.8 Å². The SMILES string of the molecule is Cl.Cl.O=C([C@H](CC1CCNCC1)N(Cc1ccccc1)C(=O)O)N1CCN(c2ccncc2)CC1. The summed E-state index contributed by atoms with van der Waals surface area (Å²) >= 11 is 0. The second kappa shape index (κ2) is 14.1. The zero-order valence-corrected chi connectivity index (χ0v) is 21.4. The summed E-state index contributed by atoms with van der Waals surface area (Å²) in [5.74, 6) is 0.275. The van der Waals surface area contributed by atoms with Gasteiger partial charge in [-0.25, -0.2) is 4.79 Å². The lowest BCUT2D eigenvalue weighted by Gasteiger charge is -2.40. The fraction of sp³-hybridized carbons (Fsp3) is 0.480. The number of anilines is 1. The molecule has 0 bridgehead atoms. The predicted octanol–water partition coefficient (Wildman–Crippen LogP) is 3.51. The fourth-order valence-corrected chi connectivity index (χ4v) is 4.84. The normalized spacial score (nSPS) is 17.0. The highest BCUT2D eigenvalue weighted by Crippen LogP contribution is 2.25. The average Bonchev–Trinajstić information content (AvgIpc) is 2.87. The van der Waals surface area contributed by atoms with Gasteiger partial charge < -0.3 is 20.2 Å². The van der Waals surface area contributed by atoms with E-state index >= 15 is 0 Å². The number of hydrogen-bond donors (Lipinski definition) is 2. The number of aromatic nitrogens is 1. The topological polar surface area (TPSA) is 89.0 Å². The Kier molecular flexibility index (Phi) is 11.6. The Morgan fingerprint density at radius 3 is 2.23 bits per heavy atom. The summed E-state index contributed by atoms with van der Waals surface area (Å²) in [4.78, 5) is 35.6. The predicted molar refractivity (Wildman–Crippen MR) is 142 cm³/mol. The largest absolute Gasteiger partial charge is 0.465 e. The van der Waals surface area contributed by atoms with Crippen LogP contribution in [0.25, 0.3) is 0 Å². The van der Waals surface area contributed by atoms with Crippen LogP contribution in [0.3, 0.4) is 0 Å². The van der Waals surface area contributed by atoms with E-state index in [1.165, 1.54) is 4.90 Å². The number of rotatable bonds is 7. The molecular formula is C25H35Cl2N5O3. The van der Waals surface area contributed by atoms with Crippen molar-refractivity contribution >= 4 is 42.5 Å². The van der Waals surface area contributed by atoms with Gasteiger partial charge in [0.2, 0.25) is 5.91 Å². The summed E-state index contributed by atoms with van der Waals surface area (Å²) in [5.41, 5.74) is 1.99. The summed E-state index contributed by atoms with van der Waals surface area (Å²) in [6.45, 7) is 4.67. The van der Waals surface area contributed by atoms with E-state index in [2.05, 4.69) is 15.2 Å². The molecule has 10 heteroatoms. The molecule has 4 rings (SSSR count). The number of carboxylic acid groups (broad SMARTS) is 1. The third-order valence-corrected chi connectivity index (χ3v) is 6.74. The molecule has 0 unspecified atom stereocenters. The van der Waals surface area contributed by atoms with Gasteiger partial charge in [0, 0.05) is 50.8 Å². The van der Waals surface area contributed by atoms with E-state index < -0.39 is 12.1 Å². The lowest BCUT2D eigenvalue weighted by atomic mass is 9.89. The van der Waals surface area contributed by atoms with Gasteiger partial charge in [-0.15, -0.1) is 24.8 Å². The number of carbonyl (C=O) groups excluding carboxylic acids is 1. The molecule has 2 N–H and O–H groups in total. The van der Waals surface area contributed by atoms with Gasteiger partial charge in [0.25, 0.3) is 0 Å². The van der Waals surface area contributed by atoms with Crippen molar-refractivity contribution in [3.05, 3.63) is 60.4 Å². The first-order chi connectivity index (χ1) is 16.1. The standard InChI is InChI=1S/C25H33N5O3.2ClH/c31-24(29-16-14-28(15-17-29)22-8-12-27-13-9-22)23(18-20-6-10-26-11-7-20)30(25(32)33)19-21-4-2-1-3-5-21;;/h1-5,8-9,12-13,20,23,26H,6-7,10-11,14-19H2,(H,32,33);2*1H/t23-;;/m0../s1. The first-order valence-electron chi connectivity index (χ1n) is 11.8. The van der Waals surface area contributed by atoms with Crippen molar-refractivity contribution in [3.8, 4) is 0 Å². The monoisotopic (exact) mass is 523 g/mol. The van der Waals surface area contributed by atoms with Crippen molar-refractivity contribution in [2.24, 2.45) is 5.92 Å². The van der Waals surface area contributed by atoms with Crippen molar-refractivity contribution in [2.75, 3.05) is 44.2 Å². The van der Waals surface area contributed by atoms with Crippen molar-refractivity contribution in [1.29, 1.82) is 0 Å². The molecule has 1 aromatic heterocycles. The van der Waals surface area contributed by atoms with Crippen LogP contribution in [0.2, 0.25) is 0 Å². The van der Waals surface area contributed by atoms with E-state index in [9.17, 15) is 14.7 Å². The average molecular weight is 524 g/mol. The lowest BCUT2D eigenvalue weighted by Crippen LogP contribution is -2.56. The Bertz CT molecular complexity index is 908. The summed E-state index contributed by atoms with van der Waals surface area (Å²) in [6.07, 6.45) is 5.02. The fourth-order valence-electron chi connectivity index (χ4n) is 4.84. The highest BCUT2D eigenvalue weighted by atomic mass is 35.5. The number of halogens is 2. The second-order valence-corrected chi connectivity index (χ2v) is 8.86. The highest BCUT2D eigenvalue weighted by molar-refractivity contribution is 5.86. The van der Waals surface area contributed by atoms with E-state index in [1.54, 1.807) is 12.4 Å². The maximum Gasteiger partial charge on any atom is 0.408 e. The Morgan fingerprint density at radius 2 is 1.63 bits per heavy atom. The van der Waals surface area contributed by atoms with E-state index in [-0.39, 0.29) is 37.3 Å². The summed E-state index contributed by atoms with van der Waals surface area (Å²) in [6, 6.07) is 12.8. The molecule has 0 saturated carbocycles. The van der Waals surface area contributed by atoms with Crippen LogP contribution < -0.4 is 10.2 Å². The number of benzene rings is 1. The molecule has 0 radical (unpaired) electrons. The number of nitrogens with zero attached hydrogens (tertiary/aromatic N) is 4. The Balaban J connectivity index is 0.00000216. The van der Waals surface area contributed by atoms with E-state index in [0.29, 0.717) is 25.4 Å². The smallest absolute Gasteiger partial charge is 0.408 e. The molecule has 192 valence electrons. The number of piperazine rings is 1. The third kappa shape index (κ3) is 7.72. The zero-order valence-electron chi connectivity index (χ0n) is 19.8. The van der Waals surface area contributed by atoms with Gasteiger partial charge in [0.15, 0.2) is 0 Å². The van der Waals surface area contributed by atoms with E-state index in [4.69, 9.17) is 0 Å². The minimum Gasteiger partial charge on any atom is -0.465 e. The number of nitrogens with one attached hydrogen (secondary N) is 1. The minimum atomic E-state index is -1.04. The van der Waals surface area contributed by atoms with Gasteiger partial charge in [-0.2, -0.15) is 0 Å². The van der Waals surface area contributed by atoms with Crippen LogP contribution in [-0.2, 0) is 11.3 Å². The molecule has 0 spiro atoms. The molecule has 2 aliphatic heterocycles. The van der Waals surface area contributed by atoms with Gasteiger partial charge in [-0.3, -0.25) is 14.7 Å². The van der Waals surface area contributed by atoms with Crippen LogP contribution in [-0.4, -0.2) is 77.2 Å². The maximum absolute atomic E-state index is 13.7. The van der Waals surface area contributed by atoms with E-state index in [0.717, 1.165) is 50.3 Å². The quantitative estimate of drug-likeness (QED) is 0.577. The number of pyridine rings is 1. The maximum atomic E-state index is 13.7. The molecule has 1 aromatic carbocycles. The van der Waals surface area contributed by atoms with Crippen molar-refractivity contribution < 1.29 is 14.7 Å². The Morgan fingerprint density at radius 1 is 1.00 bits per heavy atom. The summed E-state index contributed by atoms with van der Waals surface area (Å²) < 4.78 is 0. The number of hydrogen-bond acceptors (Lipinski definition) is 5. The second-order valence-electron chi connectivity index (χ2n) is 8.86.